The number of hydrogen-bond donors (Lipinski definition) is 1. The minimum Gasteiger partial charge on any atom is -0.488 e. The Kier molecular flexibility index (Phi) is 3.39. The van der Waals surface area contributed by atoms with Crippen LogP contribution in [0.2, 0.25) is 0 Å². The van der Waals surface area contributed by atoms with Gasteiger partial charge in [0.05, 0.1) is 12.3 Å². The molecule has 0 aliphatic heterocycles. The van der Waals surface area contributed by atoms with Crippen molar-refractivity contribution >= 4 is 0 Å². The van der Waals surface area contributed by atoms with E-state index in [1.807, 2.05) is 0 Å². The number of nitrogens with zero attached hydrogens (tertiary/aromatic N) is 1. The molecule has 90 valence electrons. The predicted molar refractivity (Wildman–Crippen MR) is 57.9 cm³/mol. The van der Waals surface area contributed by atoms with Gasteiger partial charge in [0, 0.05) is 11.1 Å². The maximum absolute atomic E-state index is 13.0. The van der Waals surface area contributed by atoms with Crippen LogP contribution in [0.1, 0.15) is 24.2 Å². The van der Waals surface area contributed by atoms with Gasteiger partial charge < -0.3 is 14.4 Å². The molecule has 0 fully saturated rings. The second-order valence-electron chi connectivity index (χ2n) is 3.68. The van der Waals surface area contributed by atoms with Gasteiger partial charge in [0.25, 0.3) is 0 Å². The third-order valence-corrected chi connectivity index (χ3v) is 2.30. The van der Waals surface area contributed by atoms with Gasteiger partial charge in [0.15, 0.2) is 0 Å². The minimum absolute atomic E-state index is 0.259. The van der Waals surface area contributed by atoms with Crippen molar-refractivity contribution < 1.29 is 18.8 Å². The number of rotatable bonds is 4. The zero-order valence-electron chi connectivity index (χ0n) is 9.26. The minimum atomic E-state index is -0.789. The molecule has 1 atom stereocenters. The summed E-state index contributed by atoms with van der Waals surface area (Å²) in [4.78, 5) is 0. The topological polar surface area (TPSA) is 55.5 Å². The Labute approximate surface area is 97.6 Å². The molecule has 0 bridgehead atoms. The van der Waals surface area contributed by atoms with E-state index in [4.69, 9.17) is 4.74 Å². The van der Waals surface area contributed by atoms with Crippen molar-refractivity contribution in [3.63, 3.8) is 0 Å². The van der Waals surface area contributed by atoms with Crippen molar-refractivity contribution in [2.75, 3.05) is 0 Å². The van der Waals surface area contributed by atoms with Gasteiger partial charge in [-0.15, -0.1) is 0 Å². The quantitative estimate of drug-likeness (QED) is 0.887. The van der Waals surface area contributed by atoms with Crippen LogP contribution in [0.4, 0.5) is 4.39 Å². The average Bonchev–Trinajstić information content (AvgIpc) is 2.80. The molecule has 2 aromatic rings. The smallest absolute Gasteiger partial charge is 0.130 e. The van der Waals surface area contributed by atoms with Crippen molar-refractivity contribution in [1.82, 2.24) is 5.16 Å². The molecule has 1 unspecified atom stereocenters. The van der Waals surface area contributed by atoms with Crippen LogP contribution >= 0.6 is 0 Å². The molecule has 1 aromatic carbocycles. The zero-order chi connectivity index (χ0) is 12.3. The van der Waals surface area contributed by atoms with Crippen molar-refractivity contribution in [3.8, 4) is 5.75 Å². The number of hydrogen-bond acceptors (Lipinski definition) is 4. The molecule has 0 aliphatic rings. The number of aliphatic hydroxyl groups is 1. The molecular formula is C12H12FNO3. The molecule has 0 saturated carbocycles. The van der Waals surface area contributed by atoms with Gasteiger partial charge in [-0.2, -0.15) is 0 Å². The first-order valence-corrected chi connectivity index (χ1v) is 5.15. The second kappa shape index (κ2) is 4.97. The largest absolute Gasteiger partial charge is 0.488 e. The Morgan fingerprint density at radius 3 is 3.00 bits per heavy atom. The number of benzene rings is 1. The molecule has 1 aromatic heterocycles. The van der Waals surface area contributed by atoms with Gasteiger partial charge in [-0.3, -0.25) is 0 Å². The van der Waals surface area contributed by atoms with E-state index >= 15 is 0 Å². The number of aromatic nitrogens is 1. The third kappa shape index (κ3) is 2.82. The zero-order valence-corrected chi connectivity index (χ0v) is 9.26. The first-order chi connectivity index (χ1) is 8.16. The summed E-state index contributed by atoms with van der Waals surface area (Å²) in [6.07, 6.45) is 2.21. The SMILES string of the molecule is CC(O)c1cc(F)ccc1OCc1cnoc1. The summed E-state index contributed by atoms with van der Waals surface area (Å²) in [6.45, 7) is 1.82. The number of ether oxygens (including phenoxy) is 1. The van der Waals surface area contributed by atoms with E-state index < -0.39 is 11.9 Å². The van der Waals surface area contributed by atoms with Crippen LogP contribution in [-0.2, 0) is 6.61 Å². The summed E-state index contributed by atoms with van der Waals surface area (Å²) in [5.41, 5.74) is 1.19. The summed E-state index contributed by atoms with van der Waals surface area (Å²) >= 11 is 0. The van der Waals surface area contributed by atoms with Gasteiger partial charge in [-0.25, -0.2) is 4.39 Å². The van der Waals surface area contributed by atoms with Crippen molar-refractivity contribution in [2.45, 2.75) is 19.6 Å². The normalized spacial score (nSPS) is 12.4. The van der Waals surface area contributed by atoms with Gasteiger partial charge >= 0.3 is 0 Å². The Bertz CT molecular complexity index is 483. The lowest BCUT2D eigenvalue weighted by Gasteiger charge is -2.12. The standard InChI is InChI=1S/C12H12FNO3/c1-8(15)11-4-10(13)2-3-12(11)16-6-9-5-14-17-7-9/h2-5,7-8,15H,6H2,1H3. The first kappa shape index (κ1) is 11.6. The van der Waals surface area contributed by atoms with Crippen LogP contribution in [0, 0.1) is 5.82 Å². The lowest BCUT2D eigenvalue weighted by molar-refractivity contribution is 0.189. The fourth-order valence-electron chi connectivity index (χ4n) is 1.44. The molecule has 4 nitrogen and oxygen atoms in total. The summed E-state index contributed by atoms with van der Waals surface area (Å²) in [6, 6.07) is 4.04. The maximum atomic E-state index is 13.0. The van der Waals surface area contributed by atoms with Crippen LogP contribution in [0.25, 0.3) is 0 Å². The lowest BCUT2D eigenvalue weighted by Crippen LogP contribution is -2.01. The van der Waals surface area contributed by atoms with Crippen molar-refractivity contribution in [2.24, 2.45) is 0 Å². The van der Waals surface area contributed by atoms with Crippen LogP contribution in [0.15, 0.2) is 35.2 Å². The molecule has 17 heavy (non-hydrogen) atoms. The van der Waals surface area contributed by atoms with E-state index in [9.17, 15) is 9.50 Å². The molecule has 1 heterocycles. The van der Waals surface area contributed by atoms with E-state index in [1.165, 1.54) is 30.7 Å². The molecular weight excluding hydrogens is 225 g/mol. The summed E-state index contributed by atoms with van der Waals surface area (Å²) in [5, 5.41) is 13.1. The summed E-state index contributed by atoms with van der Waals surface area (Å²) < 4.78 is 23.2. The second-order valence-corrected chi connectivity index (χ2v) is 3.68. The summed E-state index contributed by atoms with van der Waals surface area (Å²) in [7, 11) is 0. The fourth-order valence-corrected chi connectivity index (χ4v) is 1.44. The number of aliphatic hydroxyl groups excluding tert-OH is 1. The van der Waals surface area contributed by atoms with Gasteiger partial charge in [-0.05, 0) is 25.1 Å². The van der Waals surface area contributed by atoms with E-state index in [2.05, 4.69) is 9.68 Å². The van der Waals surface area contributed by atoms with E-state index in [0.717, 1.165) is 5.56 Å². The molecule has 0 saturated heterocycles. The van der Waals surface area contributed by atoms with Crippen LogP contribution < -0.4 is 4.74 Å². The predicted octanol–water partition coefficient (Wildman–Crippen LogP) is 2.45. The van der Waals surface area contributed by atoms with E-state index in [0.29, 0.717) is 11.3 Å². The molecule has 0 aliphatic carbocycles. The van der Waals surface area contributed by atoms with Gasteiger partial charge in [0.1, 0.15) is 24.4 Å². The Balaban J connectivity index is 2.14. The molecule has 2 rings (SSSR count). The highest BCUT2D eigenvalue weighted by Crippen LogP contribution is 2.26. The summed E-state index contributed by atoms with van der Waals surface area (Å²) in [5.74, 6) is 0.0424. The maximum Gasteiger partial charge on any atom is 0.130 e. The van der Waals surface area contributed by atoms with Crippen LogP contribution in [0.5, 0.6) is 5.75 Å². The first-order valence-electron chi connectivity index (χ1n) is 5.15. The third-order valence-electron chi connectivity index (χ3n) is 2.30. The Morgan fingerprint density at radius 2 is 2.35 bits per heavy atom. The van der Waals surface area contributed by atoms with Crippen LogP contribution in [-0.4, -0.2) is 10.3 Å². The van der Waals surface area contributed by atoms with Crippen LogP contribution in [0.3, 0.4) is 0 Å². The highest BCUT2D eigenvalue weighted by atomic mass is 19.1. The molecule has 0 spiro atoms. The highest BCUT2D eigenvalue weighted by Gasteiger charge is 2.11. The van der Waals surface area contributed by atoms with Crippen molar-refractivity contribution in [1.29, 1.82) is 0 Å². The Hall–Kier alpha value is -1.88. The van der Waals surface area contributed by atoms with E-state index in [1.54, 1.807) is 6.92 Å². The molecule has 1 N–H and O–H groups in total. The lowest BCUT2D eigenvalue weighted by atomic mass is 10.1. The monoisotopic (exact) mass is 237 g/mol. The molecule has 0 radical (unpaired) electrons. The molecule has 5 heteroatoms. The van der Waals surface area contributed by atoms with E-state index in [-0.39, 0.29) is 6.61 Å². The Morgan fingerprint density at radius 1 is 1.53 bits per heavy atom. The van der Waals surface area contributed by atoms with Crippen molar-refractivity contribution in [3.05, 3.63) is 47.6 Å². The fraction of sp³-hybridized carbons (Fsp3) is 0.250. The van der Waals surface area contributed by atoms with Gasteiger partial charge in [-0.1, -0.05) is 5.16 Å². The highest BCUT2D eigenvalue weighted by molar-refractivity contribution is 5.35. The molecule has 0 amide bonds. The number of halogens is 1. The van der Waals surface area contributed by atoms with Gasteiger partial charge in [0.2, 0.25) is 0 Å². The average molecular weight is 237 g/mol.